The molecule has 1 rings (SSSR count). The van der Waals surface area contributed by atoms with Gasteiger partial charge in [0.2, 0.25) is 0 Å². The molecule has 1 N–H and O–H groups in total. The van der Waals surface area contributed by atoms with E-state index in [9.17, 15) is 23.3 Å². The van der Waals surface area contributed by atoms with Gasteiger partial charge in [0, 0.05) is 26.2 Å². The van der Waals surface area contributed by atoms with Crippen molar-refractivity contribution in [1.29, 1.82) is 0 Å². The van der Waals surface area contributed by atoms with E-state index < -0.39 is 27.1 Å². The van der Waals surface area contributed by atoms with Gasteiger partial charge in [-0.15, -0.1) is 0 Å². The molecular formula is C12H17N3O6S. The number of ether oxygens (including phenoxy) is 1. The number of hydrogen-bond donors (Lipinski definition) is 1. The predicted octanol–water partition coefficient (Wildman–Crippen LogP) is 0.0749. The minimum atomic E-state index is -3.82. The smallest absolute Gasteiger partial charge is 0.324 e. The Hall–Kier alpha value is -2.04. The van der Waals surface area contributed by atoms with E-state index >= 15 is 0 Å². The normalized spacial score (nSPS) is 12.9. The SMILES string of the molecule is COC(=O)[C@H](Cc1ccc([N+](=O)[O-])cc1)NS(=O)(=O)N(C)C. The number of non-ortho nitro benzene ring substituents is 1. The van der Waals surface area contributed by atoms with Crippen LogP contribution < -0.4 is 4.72 Å². The van der Waals surface area contributed by atoms with Crippen molar-refractivity contribution in [1.82, 2.24) is 9.03 Å². The summed E-state index contributed by atoms with van der Waals surface area (Å²) in [5, 5.41) is 10.6. The molecule has 0 aromatic heterocycles. The van der Waals surface area contributed by atoms with Crippen LogP contribution in [-0.4, -0.2) is 50.9 Å². The number of nitrogens with zero attached hydrogens (tertiary/aromatic N) is 2. The van der Waals surface area contributed by atoms with Crippen LogP contribution >= 0.6 is 0 Å². The third-order valence-corrected chi connectivity index (χ3v) is 4.39. The average Bonchev–Trinajstić information content (AvgIpc) is 2.45. The Morgan fingerprint density at radius 1 is 1.36 bits per heavy atom. The number of hydrogen-bond acceptors (Lipinski definition) is 6. The van der Waals surface area contributed by atoms with Crippen LogP contribution in [0, 0.1) is 10.1 Å². The number of nitro benzene ring substituents is 1. The quantitative estimate of drug-likeness (QED) is 0.429. The number of nitro groups is 1. The van der Waals surface area contributed by atoms with Crippen LogP contribution in [0.15, 0.2) is 24.3 Å². The van der Waals surface area contributed by atoms with Crippen molar-refractivity contribution < 1.29 is 22.9 Å². The number of carbonyl (C=O) groups is 1. The molecule has 122 valence electrons. The molecule has 0 bridgehead atoms. The Balaban J connectivity index is 2.95. The van der Waals surface area contributed by atoms with Gasteiger partial charge in [-0.25, -0.2) is 0 Å². The van der Waals surface area contributed by atoms with Gasteiger partial charge in [-0.2, -0.15) is 17.4 Å². The molecule has 0 radical (unpaired) electrons. The minimum Gasteiger partial charge on any atom is -0.468 e. The van der Waals surface area contributed by atoms with Crippen molar-refractivity contribution in [3.63, 3.8) is 0 Å². The first-order valence-corrected chi connectivity index (χ1v) is 7.62. The summed E-state index contributed by atoms with van der Waals surface area (Å²) in [6.45, 7) is 0. The highest BCUT2D eigenvalue weighted by Gasteiger charge is 2.26. The minimum absolute atomic E-state index is 0.0116. The number of benzene rings is 1. The summed E-state index contributed by atoms with van der Waals surface area (Å²) in [5.41, 5.74) is 0.467. The standard InChI is InChI=1S/C12H17N3O6S/c1-14(2)22(19,20)13-11(12(16)21-3)8-9-4-6-10(7-5-9)15(17)18/h4-7,11,13H,8H2,1-3H3/t11-/m0/s1. The molecule has 10 heteroatoms. The van der Waals surface area contributed by atoms with Crippen molar-refractivity contribution in [2.45, 2.75) is 12.5 Å². The summed E-state index contributed by atoms with van der Waals surface area (Å²) in [4.78, 5) is 21.8. The fourth-order valence-corrected chi connectivity index (χ4v) is 2.34. The van der Waals surface area contributed by atoms with Crippen molar-refractivity contribution in [3.8, 4) is 0 Å². The molecule has 1 aromatic rings. The first-order valence-electron chi connectivity index (χ1n) is 6.18. The van der Waals surface area contributed by atoms with Crippen LogP contribution in [0.4, 0.5) is 5.69 Å². The maximum atomic E-state index is 11.8. The Labute approximate surface area is 128 Å². The third kappa shape index (κ3) is 4.76. The van der Waals surface area contributed by atoms with E-state index in [0.717, 1.165) is 11.4 Å². The van der Waals surface area contributed by atoms with E-state index in [4.69, 9.17) is 0 Å². The van der Waals surface area contributed by atoms with Crippen LogP contribution in [0.3, 0.4) is 0 Å². The summed E-state index contributed by atoms with van der Waals surface area (Å²) in [7, 11) is -0.0281. The van der Waals surface area contributed by atoms with Crippen LogP contribution in [-0.2, 0) is 26.2 Å². The van der Waals surface area contributed by atoms with Gasteiger partial charge in [0.1, 0.15) is 6.04 Å². The Morgan fingerprint density at radius 2 is 1.91 bits per heavy atom. The van der Waals surface area contributed by atoms with E-state index in [2.05, 4.69) is 9.46 Å². The summed E-state index contributed by atoms with van der Waals surface area (Å²) in [5.74, 6) is -0.747. The molecule has 1 aromatic carbocycles. The molecule has 1 atom stereocenters. The van der Waals surface area contributed by atoms with Gasteiger partial charge in [-0.1, -0.05) is 12.1 Å². The fourth-order valence-electron chi connectivity index (χ4n) is 1.59. The van der Waals surface area contributed by atoms with Gasteiger partial charge in [-0.3, -0.25) is 14.9 Å². The van der Waals surface area contributed by atoms with E-state index in [0.29, 0.717) is 5.56 Å². The largest absolute Gasteiger partial charge is 0.468 e. The highest BCUT2D eigenvalue weighted by molar-refractivity contribution is 7.87. The number of esters is 1. The topological polar surface area (TPSA) is 119 Å². The van der Waals surface area contributed by atoms with Crippen molar-refractivity contribution >= 4 is 21.9 Å². The fraction of sp³-hybridized carbons (Fsp3) is 0.417. The second kappa shape index (κ2) is 7.29. The molecule has 0 heterocycles. The van der Waals surface area contributed by atoms with Gasteiger partial charge in [0.25, 0.3) is 15.9 Å². The van der Waals surface area contributed by atoms with Crippen molar-refractivity contribution in [2.75, 3.05) is 21.2 Å². The van der Waals surface area contributed by atoms with E-state index in [1.54, 1.807) is 0 Å². The maximum absolute atomic E-state index is 11.8. The van der Waals surface area contributed by atoms with E-state index in [-0.39, 0.29) is 12.1 Å². The molecule has 0 saturated heterocycles. The van der Waals surface area contributed by atoms with Gasteiger partial charge in [0.05, 0.1) is 12.0 Å². The molecule has 0 aliphatic heterocycles. The van der Waals surface area contributed by atoms with Gasteiger partial charge >= 0.3 is 5.97 Å². The summed E-state index contributed by atoms with van der Waals surface area (Å²) in [6, 6.07) is 4.35. The molecule has 22 heavy (non-hydrogen) atoms. The van der Waals surface area contributed by atoms with Crippen LogP contribution in [0.1, 0.15) is 5.56 Å². The first-order chi connectivity index (χ1) is 10.2. The lowest BCUT2D eigenvalue weighted by Crippen LogP contribution is -2.47. The second-order valence-electron chi connectivity index (χ2n) is 4.61. The lowest BCUT2D eigenvalue weighted by atomic mass is 10.1. The molecule has 9 nitrogen and oxygen atoms in total. The Kier molecular flexibility index (Phi) is 5.97. The molecule has 0 fully saturated rings. The molecular weight excluding hydrogens is 314 g/mol. The van der Waals surface area contributed by atoms with Crippen molar-refractivity contribution in [3.05, 3.63) is 39.9 Å². The zero-order valence-electron chi connectivity index (χ0n) is 12.3. The second-order valence-corrected chi connectivity index (χ2v) is 6.52. The molecule has 0 unspecified atom stereocenters. The lowest BCUT2D eigenvalue weighted by Gasteiger charge is -2.19. The van der Waals surface area contributed by atoms with Crippen LogP contribution in [0.2, 0.25) is 0 Å². The number of nitrogens with one attached hydrogen (secondary N) is 1. The van der Waals surface area contributed by atoms with Gasteiger partial charge in [-0.05, 0) is 12.0 Å². The number of carbonyl (C=O) groups excluding carboxylic acids is 1. The molecule has 0 spiro atoms. The molecule has 0 aliphatic carbocycles. The Bertz CT molecular complexity index is 641. The number of rotatable bonds is 7. The monoisotopic (exact) mass is 331 g/mol. The number of methoxy groups -OCH3 is 1. The van der Waals surface area contributed by atoms with Gasteiger partial charge < -0.3 is 4.74 Å². The maximum Gasteiger partial charge on any atom is 0.324 e. The zero-order valence-corrected chi connectivity index (χ0v) is 13.2. The van der Waals surface area contributed by atoms with Crippen LogP contribution in [0.5, 0.6) is 0 Å². The van der Waals surface area contributed by atoms with E-state index in [1.807, 2.05) is 0 Å². The van der Waals surface area contributed by atoms with E-state index in [1.165, 1.54) is 38.4 Å². The van der Waals surface area contributed by atoms with Gasteiger partial charge in [0.15, 0.2) is 0 Å². The predicted molar refractivity (Wildman–Crippen MR) is 78.3 cm³/mol. The summed E-state index contributed by atoms with van der Waals surface area (Å²) in [6.07, 6.45) is 0.0116. The summed E-state index contributed by atoms with van der Waals surface area (Å²) < 4.78 is 31.4. The molecule has 0 aliphatic rings. The van der Waals surface area contributed by atoms with Crippen molar-refractivity contribution in [2.24, 2.45) is 0 Å². The highest BCUT2D eigenvalue weighted by Crippen LogP contribution is 2.14. The summed E-state index contributed by atoms with van der Waals surface area (Å²) >= 11 is 0. The third-order valence-electron chi connectivity index (χ3n) is 2.84. The lowest BCUT2D eigenvalue weighted by molar-refractivity contribution is -0.384. The molecule has 0 amide bonds. The highest BCUT2D eigenvalue weighted by atomic mass is 32.2. The zero-order chi connectivity index (χ0) is 16.9. The average molecular weight is 331 g/mol. The van der Waals surface area contributed by atoms with Crippen LogP contribution in [0.25, 0.3) is 0 Å². The first kappa shape index (κ1) is 18.0. The molecule has 0 saturated carbocycles. The Morgan fingerprint density at radius 3 is 2.32 bits per heavy atom.